The average molecular weight is 374 g/mol. The summed E-state index contributed by atoms with van der Waals surface area (Å²) in [5.41, 5.74) is 10.9. The molecule has 1 aromatic heterocycles. The molecule has 3 aromatic rings. The summed E-state index contributed by atoms with van der Waals surface area (Å²) in [6.45, 7) is 3.93. The third kappa shape index (κ3) is 3.34. The molecule has 0 atom stereocenters. The van der Waals surface area contributed by atoms with Gasteiger partial charge >= 0.3 is 0 Å². The van der Waals surface area contributed by atoms with Gasteiger partial charge in [0.2, 0.25) is 5.91 Å². The zero-order valence-electron chi connectivity index (χ0n) is 15.7. The number of hydrogen-bond donors (Lipinski definition) is 2. The highest BCUT2D eigenvalue weighted by atomic mass is 16.1. The van der Waals surface area contributed by atoms with Gasteiger partial charge in [0.15, 0.2) is 5.78 Å². The van der Waals surface area contributed by atoms with Gasteiger partial charge in [-0.3, -0.25) is 19.6 Å². The number of aromatic amines is 1. The third-order valence-corrected chi connectivity index (χ3v) is 5.21. The molecule has 0 fully saturated rings. The summed E-state index contributed by atoms with van der Waals surface area (Å²) in [7, 11) is 0. The number of nitrogens with zero attached hydrogens (tertiary/aromatic N) is 2. The number of primary amides is 1. The number of nitrogens with one attached hydrogen (secondary N) is 1. The lowest BCUT2D eigenvalue weighted by Gasteiger charge is -2.15. The topological polar surface area (TPSA) is 92.1 Å². The van der Waals surface area contributed by atoms with Crippen LogP contribution in [0.4, 0.5) is 0 Å². The van der Waals surface area contributed by atoms with E-state index in [4.69, 9.17) is 5.73 Å². The van der Waals surface area contributed by atoms with Gasteiger partial charge in [0, 0.05) is 36.3 Å². The van der Waals surface area contributed by atoms with E-state index in [1.807, 2.05) is 12.1 Å². The number of amides is 1. The third-order valence-electron chi connectivity index (χ3n) is 5.21. The number of rotatable bonds is 6. The fraction of sp³-hybridized carbons (Fsp3) is 0.227. The lowest BCUT2D eigenvalue weighted by atomic mass is 9.94. The molecule has 0 aliphatic carbocycles. The first-order chi connectivity index (χ1) is 13.5. The SMILES string of the molecule is CC(=O)c1c(C(N)=O)cccc1-c1n[nH]c2c1CN(CCc1ccccc1)C2. The first-order valence-corrected chi connectivity index (χ1v) is 9.31. The Labute approximate surface area is 163 Å². The molecular formula is C22H22N4O2. The predicted molar refractivity (Wildman–Crippen MR) is 107 cm³/mol. The average Bonchev–Trinajstić information content (AvgIpc) is 3.26. The van der Waals surface area contributed by atoms with E-state index in [2.05, 4.69) is 39.4 Å². The molecule has 0 bridgehead atoms. The van der Waals surface area contributed by atoms with Crippen LogP contribution in [0.5, 0.6) is 0 Å². The van der Waals surface area contributed by atoms with Gasteiger partial charge in [0.05, 0.1) is 17.0 Å². The molecule has 2 aromatic carbocycles. The molecule has 2 heterocycles. The van der Waals surface area contributed by atoms with Crippen molar-refractivity contribution in [1.29, 1.82) is 0 Å². The zero-order chi connectivity index (χ0) is 19.7. The van der Waals surface area contributed by atoms with Crippen LogP contribution in [0.1, 0.15) is 44.5 Å². The summed E-state index contributed by atoms with van der Waals surface area (Å²) in [5.74, 6) is -0.802. The van der Waals surface area contributed by atoms with E-state index in [-0.39, 0.29) is 11.3 Å². The molecule has 0 saturated heterocycles. The Bertz CT molecular complexity index is 1040. The molecule has 1 amide bonds. The van der Waals surface area contributed by atoms with Crippen molar-refractivity contribution in [2.24, 2.45) is 5.73 Å². The minimum atomic E-state index is -0.608. The van der Waals surface area contributed by atoms with Gasteiger partial charge in [-0.05, 0) is 25.0 Å². The molecule has 1 aliphatic heterocycles. The van der Waals surface area contributed by atoms with Crippen LogP contribution in [0, 0.1) is 0 Å². The number of ketones is 1. The van der Waals surface area contributed by atoms with Crippen LogP contribution in [0.25, 0.3) is 11.3 Å². The van der Waals surface area contributed by atoms with Gasteiger partial charge in [-0.1, -0.05) is 42.5 Å². The maximum absolute atomic E-state index is 12.3. The molecule has 0 radical (unpaired) electrons. The monoisotopic (exact) mass is 374 g/mol. The van der Waals surface area contributed by atoms with E-state index in [1.54, 1.807) is 12.1 Å². The van der Waals surface area contributed by atoms with Crippen LogP contribution < -0.4 is 5.73 Å². The number of carbonyl (C=O) groups excluding carboxylic acids is 2. The van der Waals surface area contributed by atoms with Gasteiger partial charge in [-0.2, -0.15) is 5.10 Å². The van der Waals surface area contributed by atoms with Crippen molar-refractivity contribution >= 4 is 11.7 Å². The summed E-state index contributed by atoms with van der Waals surface area (Å²) in [6.07, 6.45) is 0.976. The van der Waals surface area contributed by atoms with Crippen molar-refractivity contribution in [3.63, 3.8) is 0 Å². The first kappa shape index (κ1) is 18.1. The van der Waals surface area contributed by atoms with Crippen LogP contribution in [0.3, 0.4) is 0 Å². The highest BCUT2D eigenvalue weighted by Gasteiger charge is 2.28. The second-order valence-corrected chi connectivity index (χ2v) is 7.12. The quantitative estimate of drug-likeness (QED) is 0.649. The Hall–Kier alpha value is -3.25. The fourth-order valence-corrected chi connectivity index (χ4v) is 3.85. The van der Waals surface area contributed by atoms with Crippen molar-refractivity contribution in [2.45, 2.75) is 26.4 Å². The highest BCUT2D eigenvalue weighted by Crippen LogP contribution is 2.33. The van der Waals surface area contributed by atoms with E-state index in [0.717, 1.165) is 43.0 Å². The van der Waals surface area contributed by atoms with Gasteiger partial charge in [-0.15, -0.1) is 0 Å². The van der Waals surface area contributed by atoms with Crippen molar-refractivity contribution in [1.82, 2.24) is 15.1 Å². The lowest BCUT2D eigenvalue weighted by molar-refractivity contribution is 0.0974. The molecule has 6 nitrogen and oxygen atoms in total. The van der Waals surface area contributed by atoms with Gasteiger partial charge in [0.25, 0.3) is 0 Å². The molecule has 0 saturated carbocycles. The highest BCUT2D eigenvalue weighted by molar-refractivity contribution is 6.10. The second-order valence-electron chi connectivity index (χ2n) is 7.12. The number of fused-ring (bicyclic) bond motifs is 1. The number of Topliss-reactive ketones (excluding diaryl/α,β-unsaturated/α-hetero) is 1. The van der Waals surface area contributed by atoms with Crippen LogP contribution >= 0.6 is 0 Å². The van der Waals surface area contributed by atoms with E-state index in [9.17, 15) is 9.59 Å². The lowest BCUT2D eigenvalue weighted by Crippen LogP contribution is -2.20. The van der Waals surface area contributed by atoms with Crippen molar-refractivity contribution < 1.29 is 9.59 Å². The van der Waals surface area contributed by atoms with E-state index < -0.39 is 5.91 Å². The summed E-state index contributed by atoms with van der Waals surface area (Å²) in [4.78, 5) is 26.4. The van der Waals surface area contributed by atoms with Crippen LogP contribution in [-0.4, -0.2) is 33.3 Å². The predicted octanol–water partition coefficient (Wildman–Crippen LogP) is 2.94. The fourth-order valence-electron chi connectivity index (χ4n) is 3.85. The molecule has 4 rings (SSSR count). The molecule has 142 valence electrons. The van der Waals surface area contributed by atoms with E-state index in [1.165, 1.54) is 12.5 Å². The molecule has 6 heteroatoms. The summed E-state index contributed by atoms with van der Waals surface area (Å²) >= 11 is 0. The van der Waals surface area contributed by atoms with Crippen molar-refractivity contribution in [3.8, 4) is 11.3 Å². The van der Waals surface area contributed by atoms with E-state index >= 15 is 0 Å². The Morgan fingerprint density at radius 1 is 1.11 bits per heavy atom. The Kier molecular flexibility index (Phi) is 4.79. The first-order valence-electron chi connectivity index (χ1n) is 9.31. The minimum Gasteiger partial charge on any atom is -0.366 e. The van der Waals surface area contributed by atoms with Crippen LogP contribution in [-0.2, 0) is 19.5 Å². The molecule has 28 heavy (non-hydrogen) atoms. The standard InChI is InChI=1S/C22H22N4O2/c1-14(27)20-16(8-5-9-17(20)22(23)28)21-18-12-26(13-19(18)24-25-21)11-10-15-6-3-2-4-7-15/h2-9H,10-13H2,1H3,(H2,23,28)(H,24,25). The molecule has 1 aliphatic rings. The number of H-pyrrole nitrogens is 1. The Balaban J connectivity index is 1.60. The van der Waals surface area contributed by atoms with Crippen molar-refractivity contribution in [2.75, 3.05) is 6.54 Å². The molecule has 3 N–H and O–H groups in total. The van der Waals surface area contributed by atoms with Crippen molar-refractivity contribution in [3.05, 3.63) is 76.5 Å². The van der Waals surface area contributed by atoms with Gasteiger partial charge in [-0.25, -0.2) is 0 Å². The Morgan fingerprint density at radius 3 is 2.61 bits per heavy atom. The molecular weight excluding hydrogens is 352 g/mol. The number of aromatic nitrogens is 2. The summed E-state index contributed by atoms with van der Waals surface area (Å²) in [5, 5.41) is 7.56. The minimum absolute atomic E-state index is 0.194. The number of hydrogen-bond acceptors (Lipinski definition) is 4. The van der Waals surface area contributed by atoms with E-state index in [0.29, 0.717) is 11.1 Å². The van der Waals surface area contributed by atoms with Gasteiger partial charge < -0.3 is 5.73 Å². The van der Waals surface area contributed by atoms with Gasteiger partial charge in [0.1, 0.15) is 0 Å². The molecule has 0 spiro atoms. The smallest absolute Gasteiger partial charge is 0.249 e. The largest absolute Gasteiger partial charge is 0.366 e. The second kappa shape index (κ2) is 7.40. The summed E-state index contributed by atoms with van der Waals surface area (Å²) in [6, 6.07) is 15.6. The number of carbonyl (C=O) groups is 2. The maximum atomic E-state index is 12.3. The normalized spacial score (nSPS) is 13.5. The number of nitrogens with two attached hydrogens (primary N) is 1. The molecule has 0 unspecified atom stereocenters. The zero-order valence-corrected chi connectivity index (χ0v) is 15.7. The number of benzene rings is 2. The maximum Gasteiger partial charge on any atom is 0.249 e. The summed E-state index contributed by atoms with van der Waals surface area (Å²) < 4.78 is 0. The van der Waals surface area contributed by atoms with Crippen LogP contribution in [0.2, 0.25) is 0 Å². The van der Waals surface area contributed by atoms with Crippen LogP contribution in [0.15, 0.2) is 48.5 Å². The Morgan fingerprint density at radius 2 is 1.89 bits per heavy atom.